The van der Waals surface area contributed by atoms with Crippen molar-refractivity contribution < 1.29 is 9.90 Å². The number of hydrogen-bond acceptors (Lipinski definition) is 4. The van der Waals surface area contributed by atoms with E-state index in [0.29, 0.717) is 19.5 Å². The lowest BCUT2D eigenvalue weighted by atomic mass is 10.2. The fourth-order valence-corrected chi connectivity index (χ4v) is 2.40. The Morgan fingerprint density at radius 3 is 2.89 bits per heavy atom. The molecule has 0 saturated carbocycles. The number of rotatable bonds is 7. The predicted molar refractivity (Wildman–Crippen MR) is 74.7 cm³/mol. The molecule has 0 spiro atoms. The van der Waals surface area contributed by atoms with E-state index < -0.39 is 0 Å². The maximum absolute atomic E-state index is 11.7. The molecule has 0 radical (unpaired) electrons. The monoisotopic (exact) mass is 270 g/mol. The number of hydrogen-bond donors (Lipinski definition) is 2. The first-order valence-electron chi connectivity index (χ1n) is 6.15. The highest BCUT2D eigenvalue weighted by molar-refractivity contribution is 7.10. The van der Waals surface area contributed by atoms with E-state index in [1.807, 2.05) is 24.3 Å². The third kappa shape index (κ3) is 5.62. The molecule has 1 atom stereocenters. The molecule has 0 aliphatic carbocycles. The zero-order chi connectivity index (χ0) is 13.5. The third-order valence-corrected chi connectivity index (χ3v) is 3.78. The molecule has 4 nitrogen and oxygen atoms in total. The highest BCUT2D eigenvalue weighted by Crippen LogP contribution is 2.14. The number of amides is 1. The highest BCUT2D eigenvalue weighted by atomic mass is 32.1. The van der Waals surface area contributed by atoms with Crippen molar-refractivity contribution in [2.75, 3.05) is 20.1 Å². The van der Waals surface area contributed by atoms with E-state index in [1.54, 1.807) is 18.3 Å². The van der Waals surface area contributed by atoms with Crippen LogP contribution in [0.2, 0.25) is 0 Å². The number of thiophene rings is 1. The van der Waals surface area contributed by atoms with Crippen LogP contribution in [-0.2, 0) is 11.3 Å². The van der Waals surface area contributed by atoms with E-state index in [1.165, 1.54) is 10.4 Å². The fraction of sp³-hybridized carbons (Fsp3) is 0.615. The molecule has 1 rings (SSSR count). The van der Waals surface area contributed by atoms with Crippen molar-refractivity contribution >= 4 is 17.2 Å². The SMILES string of the molecule is Cc1ccsc1CNC(=O)CN(C)CCC(C)O. The van der Waals surface area contributed by atoms with Crippen LogP contribution in [0, 0.1) is 6.92 Å². The molecule has 0 aliphatic rings. The molecular formula is C13H22N2O2S. The molecule has 0 bridgehead atoms. The van der Waals surface area contributed by atoms with Crippen LogP contribution in [0.5, 0.6) is 0 Å². The number of aliphatic hydroxyl groups is 1. The molecular weight excluding hydrogens is 248 g/mol. The Hall–Kier alpha value is -0.910. The quantitative estimate of drug-likeness (QED) is 0.787. The standard InChI is InChI=1S/C13H22N2O2S/c1-10-5-7-18-12(10)8-14-13(17)9-15(3)6-4-11(2)16/h5,7,11,16H,4,6,8-9H2,1-3H3,(H,14,17). The summed E-state index contributed by atoms with van der Waals surface area (Å²) >= 11 is 1.66. The van der Waals surface area contributed by atoms with Gasteiger partial charge in [-0.1, -0.05) is 0 Å². The summed E-state index contributed by atoms with van der Waals surface area (Å²) < 4.78 is 0. The van der Waals surface area contributed by atoms with Gasteiger partial charge in [0, 0.05) is 11.4 Å². The topological polar surface area (TPSA) is 52.6 Å². The van der Waals surface area contributed by atoms with E-state index in [0.717, 1.165) is 6.54 Å². The number of carbonyl (C=O) groups excluding carboxylic acids is 1. The summed E-state index contributed by atoms with van der Waals surface area (Å²) in [5.41, 5.74) is 1.22. The second-order valence-electron chi connectivity index (χ2n) is 4.68. The van der Waals surface area contributed by atoms with Crippen LogP contribution in [0.4, 0.5) is 0 Å². The first kappa shape index (κ1) is 15.1. The number of nitrogens with one attached hydrogen (secondary N) is 1. The molecule has 1 amide bonds. The first-order valence-corrected chi connectivity index (χ1v) is 7.03. The van der Waals surface area contributed by atoms with Crippen LogP contribution in [0.25, 0.3) is 0 Å². The summed E-state index contributed by atoms with van der Waals surface area (Å²) in [6.07, 6.45) is 0.373. The van der Waals surface area contributed by atoms with Crippen molar-refractivity contribution in [2.24, 2.45) is 0 Å². The molecule has 1 aromatic heterocycles. The number of carbonyl (C=O) groups is 1. The summed E-state index contributed by atoms with van der Waals surface area (Å²) in [5, 5.41) is 14.1. The molecule has 0 saturated heterocycles. The molecule has 1 unspecified atom stereocenters. The van der Waals surface area contributed by atoms with Crippen LogP contribution in [0.1, 0.15) is 23.8 Å². The third-order valence-electron chi connectivity index (χ3n) is 2.76. The van der Waals surface area contributed by atoms with E-state index >= 15 is 0 Å². The second-order valence-corrected chi connectivity index (χ2v) is 5.68. The van der Waals surface area contributed by atoms with E-state index in [9.17, 15) is 4.79 Å². The van der Waals surface area contributed by atoms with Crippen LogP contribution in [0.15, 0.2) is 11.4 Å². The summed E-state index contributed by atoms with van der Waals surface area (Å²) in [7, 11) is 1.89. The normalized spacial score (nSPS) is 12.7. The van der Waals surface area contributed by atoms with E-state index in [4.69, 9.17) is 5.11 Å². The van der Waals surface area contributed by atoms with Crippen molar-refractivity contribution in [3.05, 3.63) is 21.9 Å². The molecule has 1 aromatic rings. The van der Waals surface area contributed by atoms with Gasteiger partial charge in [0.2, 0.25) is 5.91 Å². The lowest BCUT2D eigenvalue weighted by molar-refractivity contribution is -0.122. The predicted octanol–water partition coefficient (Wildman–Crippen LogP) is 1.38. The lowest BCUT2D eigenvalue weighted by Crippen LogP contribution is -2.35. The zero-order valence-electron chi connectivity index (χ0n) is 11.3. The van der Waals surface area contributed by atoms with Crippen molar-refractivity contribution in [1.82, 2.24) is 10.2 Å². The Morgan fingerprint density at radius 2 is 2.33 bits per heavy atom. The van der Waals surface area contributed by atoms with Crippen LogP contribution in [0.3, 0.4) is 0 Å². The van der Waals surface area contributed by atoms with Crippen molar-refractivity contribution in [2.45, 2.75) is 32.9 Å². The largest absolute Gasteiger partial charge is 0.393 e. The molecule has 1 heterocycles. The summed E-state index contributed by atoms with van der Waals surface area (Å²) in [4.78, 5) is 14.8. The Kier molecular flexibility index (Phi) is 6.32. The number of likely N-dealkylation sites (N-methyl/N-ethyl adjacent to an activating group) is 1. The number of aryl methyl sites for hydroxylation is 1. The fourth-order valence-electron chi connectivity index (χ4n) is 1.55. The maximum atomic E-state index is 11.7. The van der Waals surface area contributed by atoms with Gasteiger partial charge in [-0.25, -0.2) is 0 Å². The van der Waals surface area contributed by atoms with Gasteiger partial charge in [-0.15, -0.1) is 11.3 Å². The molecule has 0 fully saturated rings. The highest BCUT2D eigenvalue weighted by Gasteiger charge is 2.08. The van der Waals surface area contributed by atoms with Gasteiger partial charge in [-0.2, -0.15) is 0 Å². The molecule has 0 aromatic carbocycles. The summed E-state index contributed by atoms with van der Waals surface area (Å²) in [6, 6.07) is 2.06. The second kappa shape index (κ2) is 7.51. The van der Waals surface area contributed by atoms with Crippen LogP contribution < -0.4 is 5.32 Å². The molecule has 0 aliphatic heterocycles. The van der Waals surface area contributed by atoms with Gasteiger partial charge in [0.1, 0.15) is 0 Å². The molecule has 5 heteroatoms. The van der Waals surface area contributed by atoms with E-state index in [2.05, 4.69) is 11.4 Å². The van der Waals surface area contributed by atoms with Crippen LogP contribution in [-0.4, -0.2) is 42.2 Å². The average Bonchev–Trinajstić information content (AvgIpc) is 2.69. The maximum Gasteiger partial charge on any atom is 0.234 e. The van der Waals surface area contributed by atoms with Gasteiger partial charge in [0.15, 0.2) is 0 Å². The minimum absolute atomic E-state index is 0.0240. The molecule has 2 N–H and O–H groups in total. The van der Waals surface area contributed by atoms with Gasteiger partial charge in [0.05, 0.1) is 19.2 Å². The van der Waals surface area contributed by atoms with Gasteiger partial charge >= 0.3 is 0 Å². The van der Waals surface area contributed by atoms with E-state index in [-0.39, 0.29) is 12.0 Å². The van der Waals surface area contributed by atoms with Gasteiger partial charge in [-0.05, 0) is 44.3 Å². The van der Waals surface area contributed by atoms with Crippen molar-refractivity contribution in [1.29, 1.82) is 0 Å². The molecule has 102 valence electrons. The zero-order valence-corrected chi connectivity index (χ0v) is 12.1. The van der Waals surface area contributed by atoms with Crippen molar-refractivity contribution in [3.8, 4) is 0 Å². The summed E-state index contributed by atoms with van der Waals surface area (Å²) in [5.74, 6) is 0.0240. The van der Waals surface area contributed by atoms with Crippen molar-refractivity contribution in [3.63, 3.8) is 0 Å². The minimum atomic E-state index is -0.315. The Bertz CT molecular complexity index is 377. The first-order chi connectivity index (χ1) is 8.49. The number of aliphatic hydroxyl groups excluding tert-OH is 1. The smallest absolute Gasteiger partial charge is 0.234 e. The number of nitrogens with zero attached hydrogens (tertiary/aromatic N) is 1. The average molecular weight is 270 g/mol. The lowest BCUT2D eigenvalue weighted by Gasteiger charge is -2.16. The molecule has 18 heavy (non-hydrogen) atoms. The summed E-state index contributed by atoms with van der Waals surface area (Å²) in [6.45, 7) is 5.51. The van der Waals surface area contributed by atoms with Gasteiger partial charge in [0.25, 0.3) is 0 Å². The Morgan fingerprint density at radius 1 is 1.61 bits per heavy atom. The Balaban J connectivity index is 2.23. The van der Waals surface area contributed by atoms with Crippen LogP contribution >= 0.6 is 11.3 Å². The minimum Gasteiger partial charge on any atom is -0.393 e. The Labute approximate surface area is 113 Å². The van der Waals surface area contributed by atoms with Gasteiger partial charge in [-0.3, -0.25) is 9.69 Å². The van der Waals surface area contributed by atoms with Gasteiger partial charge < -0.3 is 10.4 Å².